The molecule has 8 heteroatoms. The van der Waals surface area contributed by atoms with Crippen molar-refractivity contribution in [1.29, 1.82) is 0 Å². The summed E-state index contributed by atoms with van der Waals surface area (Å²) in [6.45, 7) is -0.217. The molecule has 0 fully saturated rings. The van der Waals surface area contributed by atoms with Gasteiger partial charge in [0.25, 0.3) is 5.56 Å². The van der Waals surface area contributed by atoms with Gasteiger partial charge in [-0.2, -0.15) is 5.10 Å². The van der Waals surface area contributed by atoms with Crippen molar-refractivity contribution in [2.75, 3.05) is 19.5 Å². The lowest BCUT2D eigenvalue weighted by Gasteiger charge is -2.12. The Hall–Kier alpha value is -2.87. The number of fused-ring (bicyclic) bond motifs is 1. The van der Waals surface area contributed by atoms with Gasteiger partial charge in [-0.25, -0.2) is 4.68 Å². The fourth-order valence-electron chi connectivity index (χ4n) is 2.57. The van der Waals surface area contributed by atoms with Crippen LogP contribution in [0.4, 0.5) is 5.69 Å². The predicted molar refractivity (Wildman–Crippen MR) is 102 cm³/mol. The quantitative estimate of drug-likeness (QED) is 0.689. The van der Waals surface area contributed by atoms with Crippen LogP contribution in [-0.4, -0.2) is 29.9 Å². The number of nitrogens with zero attached hydrogens (tertiary/aromatic N) is 2. The maximum atomic E-state index is 12.8. The maximum absolute atomic E-state index is 12.8. The van der Waals surface area contributed by atoms with Gasteiger partial charge in [0, 0.05) is 15.5 Å². The molecule has 0 spiro atoms. The SMILES string of the molecule is COc1ccc2cnn(CC(=O)Nc3ccc(Br)cc3)c(=O)c2c1OC. The van der Waals surface area contributed by atoms with Crippen LogP contribution >= 0.6 is 15.9 Å². The Kier molecular flexibility index (Phi) is 5.22. The van der Waals surface area contributed by atoms with E-state index in [9.17, 15) is 9.59 Å². The van der Waals surface area contributed by atoms with Gasteiger partial charge in [0.05, 0.1) is 25.8 Å². The molecule has 0 saturated carbocycles. The molecule has 0 aliphatic carbocycles. The van der Waals surface area contributed by atoms with E-state index in [1.165, 1.54) is 20.4 Å². The highest BCUT2D eigenvalue weighted by Crippen LogP contribution is 2.32. The third kappa shape index (κ3) is 3.55. The highest BCUT2D eigenvalue weighted by molar-refractivity contribution is 9.10. The van der Waals surface area contributed by atoms with E-state index in [0.717, 1.165) is 9.15 Å². The molecule has 3 aromatic rings. The molecule has 2 aromatic carbocycles. The summed E-state index contributed by atoms with van der Waals surface area (Å²) in [5.74, 6) is 0.400. The number of ether oxygens (including phenoxy) is 2. The minimum absolute atomic E-state index is 0.217. The Labute approximate surface area is 157 Å². The molecule has 0 aliphatic heterocycles. The standard InChI is InChI=1S/C18H16BrN3O4/c1-25-14-8-3-11-9-20-22(18(24)16(11)17(14)26-2)10-15(23)21-13-6-4-12(19)5-7-13/h3-9H,10H2,1-2H3,(H,21,23). The first-order chi connectivity index (χ1) is 12.5. The van der Waals surface area contributed by atoms with E-state index in [1.54, 1.807) is 24.3 Å². The van der Waals surface area contributed by atoms with Crippen molar-refractivity contribution in [3.8, 4) is 11.5 Å². The van der Waals surface area contributed by atoms with Crippen LogP contribution in [0.3, 0.4) is 0 Å². The third-order valence-corrected chi connectivity index (χ3v) is 4.31. The van der Waals surface area contributed by atoms with Gasteiger partial charge in [-0.3, -0.25) is 9.59 Å². The second kappa shape index (κ2) is 7.57. The highest BCUT2D eigenvalue weighted by atomic mass is 79.9. The minimum Gasteiger partial charge on any atom is -0.493 e. The molecular weight excluding hydrogens is 402 g/mol. The van der Waals surface area contributed by atoms with Crippen molar-refractivity contribution in [3.05, 3.63) is 57.4 Å². The van der Waals surface area contributed by atoms with Crippen LogP contribution in [0.25, 0.3) is 10.8 Å². The number of aromatic nitrogens is 2. The summed E-state index contributed by atoms with van der Waals surface area (Å²) in [6, 6.07) is 10.6. The van der Waals surface area contributed by atoms with Gasteiger partial charge in [-0.15, -0.1) is 0 Å². The molecule has 0 atom stereocenters. The third-order valence-electron chi connectivity index (χ3n) is 3.78. The first kappa shape index (κ1) is 17.9. The molecule has 1 N–H and O–H groups in total. The van der Waals surface area contributed by atoms with Crippen LogP contribution in [0.1, 0.15) is 0 Å². The van der Waals surface area contributed by atoms with E-state index < -0.39 is 5.56 Å². The zero-order valence-electron chi connectivity index (χ0n) is 14.2. The van der Waals surface area contributed by atoms with Crippen LogP contribution in [0.2, 0.25) is 0 Å². The monoisotopic (exact) mass is 417 g/mol. The summed E-state index contributed by atoms with van der Waals surface area (Å²) in [5.41, 5.74) is 0.204. The van der Waals surface area contributed by atoms with Crippen LogP contribution in [0, 0.1) is 0 Å². The van der Waals surface area contributed by atoms with Gasteiger partial charge < -0.3 is 14.8 Å². The summed E-state index contributed by atoms with van der Waals surface area (Å²) in [4.78, 5) is 25.0. The summed E-state index contributed by atoms with van der Waals surface area (Å²) in [6.07, 6.45) is 1.52. The summed E-state index contributed by atoms with van der Waals surface area (Å²) >= 11 is 3.33. The molecule has 0 saturated heterocycles. The number of carbonyl (C=O) groups excluding carboxylic acids is 1. The predicted octanol–water partition coefficient (Wildman–Crippen LogP) is 2.81. The number of anilines is 1. The van der Waals surface area contributed by atoms with Gasteiger partial charge in [0.15, 0.2) is 11.5 Å². The molecule has 0 bridgehead atoms. The van der Waals surface area contributed by atoms with Crippen molar-refractivity contribution in [2.24, 2.45) is 0 Å². The van der Waals surface area contributed by atoms with Crippen molar-refractivity contribution in [1.82, 2.24) is 9.78 Å². The molecule has 134 valence electrons. The molecule has 7 nitrogen and oxygen atoms in total. The Balaban J connectivity index is 1.93. The molecule has 1 aromatic heterocycles. The fourth-order valence-corrected chi connectivity index (χ4v) is 2.83. The number of amides is 1. The highest BCUT2D eigenvalue weighted by Gasteiger charge is 2.16. The molecule has 26 heavy (non-hydrogen) atoms. The lowest BCUT2D eigenvalue weighted by atomic mass is 10.1. The van der Waals surface area contributed by atoms with Gasteiger partial charge in [0.2, 0.25) is 5.91 Å². The van der Waals surface area contributed by atoms with E-state index in [4.69, 9.17) is 9.47 Å². The molecule has 3 rings (SSSR count). The Morgan fingerprint density at radius 3 is 2.54 bits per heavy atom. The van der Waals surface area contributed by atoms with Crippen LogP contribution in [-0.2, 0) is 11.3 Å². The molecule has 0 unspecified atom stereocenters. The smallest absolute Gasteiger partial charge is 0.279 e. The topological polar surface area (TPSA) is 82.5 Å². The number of hydrogen-bond acceptors (Lipinski definition) is 5. The number of rotatable bonds is 5. The van der Waals surface area contributed by atoms with E-state index in [1.807, 2.05) is 12.1 Å². The van der Waals surface area contributed by atoms with Crippen molar-refractivity contribution < 1.29 is 14.3 Å². The average Bonchev–Trinajstić information content (AvgIpc) is 2.65. The van der Waals surface area contributed by atoms with Crippen molar-refractivity contribution >= 4 is 38.3 Å². The summed E-state index contributed by atoms with van der Waals surface area (Å²) < 4.78 is 12.6. The van der Waals surface area contributed by atoms with E-state index in [0.29, 0.717) is 28.0 Å². The second-order valence-corrected chi connectivity index (χ2v) is 6.34. The van der Waals surface area contributed by atoms with Crippen LogP contribution in [0.15, 0.2) is 51.9 Å². The number of nitrogens with one attached hydrogen (secondary N) is 1. The molecule has 1 amide bonds. The molecule has 1 heterocycles. The van der Waals surface area contributed by atoms with E-state index >= 15 is 0 Å². The number of halogens is 1. The van der Waals surface area contributed by atoms with Crippen molar-refractivity contribution in [2.45, 2.75) is 6.54 Å². The normalized spacial score (nSPS) is 10.6. The first-order valence-corrected chi connectivity index (χ1v) is 8.49. The Morgan fingerprint density at radius 1 is 1.15 bits per heavy atom. The van der Waals surface area contributed by atoms with E-state index in [2.05, 4.69) is 26.3 Å². The molecule has 0 aliphatic rings. The number of carbonyl (C=O) groups is 1. The first-order valence-electron chi connectivity index (χ1n) is 7.69. The second-order valence-electron chi connectivity index (χ2n) is 5.43. The van der Waals surface area contributed by atoms with E-state index in [-0.39, 0.29) is 12.5 Å². The fraction of sp³-hybridized carbons (Fsp3) is 0.167. The lowest BCUT2D eigenvalue weighted by molar-refractivity contribution is -0.117. The summed E-state index contributed by atoms with van der Waals surface area (Å²) in [7, 11) is 2.96. The number of methoxy groups -OCH3 is 2. The summed E-state index contributed by atoms with van der Waals surface area (Å²) in [5, 5.41) is 7.73. The van der Waals surface area contributed by atoms with Gasteiger partial charge in [-0.1, -0.05) is 15.9 Å². The van der Waals surface area contributed by atoms with Crippen molar-refractivity contribution in [3.63, 3.8) is 0 Å². The molecular formula is C18H16BrN3O4. The molecule has 0 radical (unpaired) electrons. The van der Waals surface area contributed by atoms with Gasteiger partial charge >= 0.3 is 0 Å². The Morgan fingerprint density at radius 2 is 1.88 bits per heavy atom. The Bertz CT molecular complexity index is 1020. The van der Waals surface area contributed by atoms with Gasteiger partial charge in [0.1, 0.15) is 6.54 Å². The zero-order valence-corrected chi connectivity index (χ0v) is 15.7. The van der Waals surface area contributed by atoms with Gasteiger partial charge in [-0.05, 0) is 36.4 Å². The maximum Gasteiger partial charge on any atom is 0.279 e. The number of benzene rings is 2. The zero-order chi connectivity index (χ0) is 18.7. The van der Waals surface area contributed by atoms with Crippen LogP contribution < -0.4 is 20.3 Å². The lowest BCUT2D eigenvalue weighted by Crippen LogP contribution is -2.29. The largest absolute Gasteiger partial charge is 0.493 e. The van der Waals surface area contributed by atoms with Crippen LogP contribution in [0.5, 0.6) is 11.5 Å². The average molecular weight is 418 g/mol. The minimum atomic E-state index is -0.427. The number of hydrogen-bond donors (Lipinski definition) is 1.